The van der Waals surface area contributed by atoms with Gasteiger partial charge in [-0.15, -0.1) is 0 Å². The van der Waals surface area contributed by atoms with Crippen LogP contribution >= 0.6 is 0 Å². The number of likely N-dealkylation sites (N-methyl/N-ethyl adjacent to an activating group) is 1. The molecule has 0 amide bonds. The summed E-state index contributed by atoms with van der Waals surface area (Å²) in [6.45, 7) is -0.217. The van der Waals surface area contributed by atoms with Gasteiger partial charge in [0.1, 0.15) is 34.4 Å². The Morgan fingerprint density at radius 2 is 1.77 bits per heavy atom. The maximum Gasteiger partial charge on any atom is 0.416 e. The number of nitrogens with zero attached hydrogens (tertiary/aromatic N) is 4. The van der Waals surface area contributed by atoms with E-state index in [1.54, 1.807) is 24.3 Å². The number of rotatable bonds is 11. The molecule has 5 rings (SSSR count). The average molecular weight is 688 g/mol. The van der Waals surface area contributed by atoms with Gasteiger partial charge in [0, 0.05) is 41.7 Å². The molecule has 0 saturated heterocycles. The van der Waals surface area contributed by atoms with Gasteiger partial charge in [0.15, 0.2) is 0 Å². The van der Waals surface area contributed by atoms with Crippen molar-refractivity contribution in [3.05, 3.63) is 102 Å². The third kappa shape index (κ3) is 7.65. The minimum Gasteiger partial charge on any atom is -0.497 e. The molecule has 1 N–H and O–H groups in total. The number of sulfonamides is 1. The number of alkyl halides is 3. The summed E-state index contributed by atoms with van der Waals surface area (Å²) in [6.07, 6.45) is -0.00707. The highest BCUT2D eigenvalue weighted by Crippen LogP contribution is 2.39. The van der Waals surface area contributed by atoms with Crippen LogP contribution in [0.2, 0.25) is 0 Å². The molecule has 1 fully saturated rings. The quantitative estimate of drug-likeness (QED) is 0.174. The van der Waals surface area contributed by atoms with Crippen LogP contribution in [-0.2, 0) is 22.7 Å². The normalized spacial score (nSPS) is 18.4. The molecular weight excluding hydrogens is 650 g/mol. The fourth-order valence-corrected chi connectivity index (χ4v) is 7.59. The van der Waals surface area contributed by atoms with Gasteiger partial charge in [-0.1, -0.05) is 18.2 Å². The van der Waals surface area contributed by atoms with Gasteiger partial charge in [-0.25, -0.2) is 27.1 Å². The molecule has 9 nitrogen and oxygen atoms in total. The molecule has 1 aliphatic carbocycles. The molecule has 0 radical (unpaired) electrons. The summed E-state index contributed by atoms with van der Waals surface area (Å²) in [6, 6.07) is 15.4. The first-order valence-corrected chi connectivity index (χ1v) is 16.6. The molecule has 14 heteroatoms. The molecule has 1 saturated carbocycles. The summed E-state index contributed by atoms with van der Waals surface area (Å²) in [4.78, 5) is 9.46. The first-order valence-electron chi connectivity index (χ1n) is 15.2. The van der Waals surface area contributed by atoms with E-state index in [4.69, 9.17) is 9.47 Å². The molecule has 0 spiro atoms. The molecule has 0 bridgehead atoms. The molecule has 3 atom stereocenters. The Morgan fingerprint density at radius 1 is 0.979 bits per heavy atom. The van der Waals surface area contributed by atoms with Crippen LogP contribution in [0.25, 0.3) is 0 Å². The second-order valence-electron chi connectivity index (χ2n) is 11.8. The van der Waals surface area contributed by atoms with Crippen LogP contribution in [0.5, 0.6) is 11.5 Å². The van der Waals surface area contributed by atoms with E-state index in [0.717, 1.165) is 16.4 Å². The first-order chi connectivity index (χ1) is 22.8. The number of hydrogen-bond donors (Lipinski definition) is 1. The van der Waals surface area contributed by atoms with Crippen LogP contribution in [0, 0.1) is 5.82 Å². The average Bonchev–Trinajstić information content (AvgIpc) is 3.07. The van der Waals surface area contributed by atoms with Crippen LogP contribution in [0.3, 0.4) is 0 Å². The largest absolute Gasteiger partial charge is 0.497 e. The van der Waals surface area contributed by atoms with E-state index in [9.17, 15) is 21.6 Å². The zero-order valence-corrected chi connectivity index (χ0v) is 27.7. The third-order valence-corrected chi connectivity index (χ3v) is 10.4. The molecule has 0 aliphatic heterocycles. The van der Waals surface area contributed by atoms with E-state index in [-0.39, 0.29) is 30.4 Å². The smallest absolute Gasteiger partial charge is 0.416 e. The van der Waals surface area contributed by atoms with Crippen molar-refractivity contribution >= 4 is 21.5 Å². The second kappa shape index (κ2) is 14.4. The van der Waals surface area contributed by atoms with Crippen LogP contribution in [0.4, 0.5) is 29.1 Å². The Morgan fingerprint density at radius 3 is 2.42 bits per heavy atom. The maximum absolute atomic E-state index is 15.8. The van der Waals surface area contributed by atoms with Gasteiger partial charge in [0.05, 0.1) is 26.3 Å². The molecule has 1 heterocycles. The number of aromatic nitrogens is 2. The van der Waals surface area contributed by atoms with Crippen LogP contribution in [-0.4, -0.2) is 63.7 Å². The number of halogens is 4. The first kappa shape index (κ1) is 34.9. The zero-order valence-electron chi connectivity index (χ0n) is 26.9. The van der Waals surface area contributed by atoms with Crippen LogP contribution < -0.4 is 19.1 Å². The van der Waals surface area contributed by atoms with E-state index in [1.807, 2.05) is 19.0 Å². The van der Waals surface area contributed by atoms with E-state index in [1.165, 1.54) is 57.1 Å². The van der Waals surface area contributed by atoms with Crippen molar-refractivity contribution in [2.75, 3.05) is 37.9 Å². The van der Waals surface area contributed by atoms with Gasteiger partial charge in [0.2, 0.25) is 0 Å². The summed E-state index contributed by atoms with van der Waals surface area (Å²) in [5, 5.41) is 3.35. The van der Waals surface area contributed by atoms with Crippen molar-refractivity contribution in [2.45, 2.75) is 54.9 Å². The lowest BCUT2D eigenvalue weighted by molar-refractivity contribution is -0.137. The molecule has 1 aromatic heterocycles. The summed E-state index contributed by atoms with van der Waals surface area (Å²) in [5.41, 5.74) is 0.839. The summed E-state index contributed by atoms with van der Waals surface area (Å²) < 4.78 is 95.7. The number of methoxy groups -OCH3 is 2. The van der Waals surface area contributed by atoms with Crippen molar-refractivity contribution in [1.29, 1.82) is 0 Å². The summed E-state index contributed by atoms with van der Waals surface area (Å²) in [5.74, 6) is -0.113. The van der Waals surface area contributed by atoms with Crippen molar-refractivity contribution in [1.82, 2.24) is 14.9 Å². The van der Waals surface area contributed by atoms with E-state index >= 15 is 4.39 Å². The zero-order chi connectivity index (χ0) is 34.6. The Bertz CT molecular complexity index is 1830. The fourth-order valence-electron chi connectivity index (χ4n) is 6.15. The van der Waals surface area contributed by atoms with Gasteiger partial charge >= 0.3 is 6.18 Å². The summed E-state index contributed by atoms with van der Waals surface area (Å²) in [7, 11) is 2.25. The lowest BCUT2D eigenvalue weighted by atomic mass is 9.78. The SMILES string of the molecule is COc1ccc(CN(c2ccncn2)S(=O)(=O)c2ccc(NC3CC[C@H](c4cccc(C(F)(F)F)c4)C[C@@H]3N(C)C)cc2F)c(OC)c1. The van der Waals surface area contributed by atoms with Crippen molar-refractivity contribution in [2.24, 2.45) is 0 Å². The van der Waals surface area contributed by atoms with Gasteiger partial charge in [-0.3, -0.25) is 0 Å². The second-order valence-corrected chi connectivity index (χ2v) is 13.6. The molecule has 3 aromatic carbocycles. The topological polar surface area (TPSA) is 96.9 Å². The van der Waals surface area contributed by atoms with E-state index in [2.05, 4.69) is 15.3 Å². The van der Waals surface area contributed by atoms with Crippen LogP contribution in [0.15, 0.2) is 84.1 Å². The standard InChI is InChI=1S/C34H37F4N5O4S/c1-42(2)30-17-23(22-6-5-7-25(16-22)34(36,37)38)9-12-29(30)41-26-10-13-32(28(35)18-26)48(44,45)43(33-14-15-39-21-40-33)20-24-8-11-27(46-3)19-31(24)47-4/h5-8,10-11,13-16,18-19,21,23,29-30,41H,9,12,17,20H2,1-4H3/t23-,29?,30-/m0/s1. The molecule has 48 heavy (non-hydrogen) atoms. The predicted octanol–water partition coefficient (Wildman–Crippen LogP) is 6.73. The molecule has 1 unspecified atom stereocenters. The lowest BCUT2D eigenvalue weighted by Gasteiger charge is -2.41. The molecule has 4 aromatic rings. The predicted molar refractivity (Wildman–Crippen MR) is 174 cm³/mol. The monoisotopic (exact) mass is 687 g/mol. The van der Waals surface area contributed by atoms with Crippen molar-refractivity contribution in [3.63, 3.8) is 0 Å². The Hall–Kier alpha value is -4.43. The number of anilines is 2. The highest BCUT2D eigenvalue weighted by Gasteiger charge is 2.36. The maximum atomic E-state index is 15.8. The Kier molecular flexibility index (Phi) is 10.4. The van der Waals surface area contributed by atoms with Crippen molar-refractivity contribution < 1.29 is 35.5 Å². The molecule has 256 valence electrons. The van der Waals surface area contributed by atoms with Gasteiger partial charge in [-0.2, -0.15) is 13.2 Å². The van der Waals surface area contributed by atoms with Gasteiger partial charge in [0.25, 0.3) is 10.0 Å². The van der Waals surface area contributed by atoms with Crippen molar-refractivity contribution in [3.8, 4) is 11.5 Å². The highest BCUT2D eigenvalue weighted by molar-refractivity contribution is 7.92. The Labute approximate surface area is 277 Å². The lowest BCUT2D eigenvalue weighted by Crippen LogP contribution is -2.47. The summed E-state index contributed by atoms with van der Waals surface area (Å²) >= 11 is 0. The molecular formula is C34H37F4N5O4S. The van der Waals surface area contributed by atoms with Crippen LogP contribution in [0.1, 0.15) is 41.9 Å². The number of nitrogens with one attached hydrogen (secondary N) is 1. The Balaban J connectivity index is 1.38. The minimum atomic E-state index is -4.48. The number of benzene rings is 3. The highest BCUT2D eigenvalue weighted by atomic mass is 32.2. The van der Waals surface area contributed by atoms with Gasteiger partial charge < -0.3 is 19.7 Å². The number of hydrogen-bond acceptors (Lipinski definition) is 8. The molecule has 1 aliphatic rings. The number of ether oxygens (including phenoxy) is 2. The van der Waals surface area contributed by atoms with Gasteiger partial charge in [-0.05, 0) is 81.2 Å². The third-order valence-electron chi connectivity index (χ3n) is 8.65. The van der Waals surface area contributed by atoms with E-state index < -0.39 is 32.5 Å². The van der Waals surface area contributed by atoms with E-state index in [0.29, 0.717) is 47.6 Å². The fraction of sp³-hybridized carbons (Fsp3) is 0.353. The minimum absolute atomic E-state index is 0.0378.